The van der Waals surface area contributed by atoms with Crippen LogP contribution in [0.15, 0.2) is 0 Å². The summed E-state index contributed by atoms with van der Waals surface area (Å²) in [4.78, 5) is 23.4. The number of alkyl halides is 2. The van der Waals surface area contributed by atoms with Crippen LogP contribution < -0.4 is 0 Å². The number of rotatable bonds is 7. The Morgan fingerprint density at radius 3 is 2.48 bits per heavy atom. The lowest BCUT2D eigenvalue weighted by molar-refractivity contribution is -0.211. The topological polar surface area (TPSA) is 157 Å². The number of halogens is 2. The third kappa shape index (κ3) is 4.54. The van der Waals surface area contributed by atoms with Crippen LogP contribution in [0, 0.1) is 11.8 Å². The van der Waals surface area contributed by atoms with Gasteiger partial charge in [-0.15, -0.1) is 0 Å². The van der Waals surface area contributed by atoms with E-state index in [9.17, 15) is 31.9 Å². The van der Waals surface area contributed by atoms with Crippen LogP contribution in [0.1, 0.15) is 26.7 Å². The monoisotopic (exact) mass is 418 g/mol. The molecule has 156 valence electrons. The normalized spacial score (nSPS) is 30.0. The van der Waals surface area contributed by atoms with E-state index >= 15 is 0 Å². The minimum absolute atomic E-state index is 0.140. The fraction of sp³-hybridized carbons (Fsp3) is 0.857. The molecular formula is C14H20F2O10S. The van der Waals surface area contributed by atoms with Gasteiger partial charge in [-0.3, -0.25) is 9.35 Å². The Morgan fingerprint density at radius 2 is 1.96 bits per heavy atom. The zero-order chi connectivity index (χ0) is 20.8. The van der Waals surface area contributed by atoms with E-state index in [0.29, 0.717) is 0 Å². The number of aliphatic hydroxyl groups is 2. The van der Waals surface area contributed by atoms with Crippen LogP contribution in [-0.4, -0.2) is 71.1 Å². The molecule has 0 aromatic carbocycles. The first-order chi connectivity index (χ1) is 12.1. The van der Waals surface area contributed by atoms with Crippen LogP contribution in [0.2, 0.25) is 0 Å². The number of esters is 2. The van der Waals surface area contributed by atoms with E-state index in [1.807, 2.05) is 0 Å². The molecule has 0 radical (unpaired) electrons. The summed E-state index contributed by atoms with van der Waals surface area (Å²) in [6, 6.07) is 0. The van der Waals surface area contributed by atoms with E-state index in [4.69, 9.17) is 19.1 Å². The van der Waals surface area contributed by atoms with Crippen molar-refractivity contribution in [1.29, 1.82) is 0 Å². The van der Waals surface area contributed by atoms with Gasteiger partial charge in [0.1, 0.15) is 12.7 Å². The minimum Gasteiger partial charge on any atom is -0.459 e. The van der Waals surface area contributed by atoms with Gasteiger partial charge in [0.15, 0.2) is 0 Å². The van der Waals surface area contributed by atoms with Crippen LogP contribution in [0.25, 0.3) is 0 Å². The Morgan fingerprint density at radius 1 is 1.37 bits per heavy atom. The van der Waals surface area contributed by atoms with Gasteiger partial charge in [-0.1, -0.05) is 0 Å². The van der Waals surface area contributed by atoms with Crippen molar-refractivity contribution in [3.63, 3.8) is 0 Å². The number of aliphatic hydroxyl groups excluding tert-OH is 1. The Balaban J connectivity index is 1.96. The Labute approximate surface area is 153 Å². The van der Waals surface area contributed by atoms with E-state index in [1.165, 1.54) is 13.8 Å². The summed E-state index contributed by atoms with van der Waals surface area (Å²) < 4.78 is 69.8. The summed E-state index contributed by atoms with van der Waals surface area (Å²) in [5.41, 5.74) is -1.24. The van der Waals surface area contributed by atoms with Gasteiger partial charge in [0, 0.05) is 12.3 Å². The van der Waals surface area contributed by atoms with E-state index in [1.54, 1.807) is 0 Å². The maximum Gasteiger partial charge on any atom is 0.430 e. The number of hydrogen-bond donors (Lipinski definition) is 3. The molecule has 0 aromatic rings. The van der Waals surface area contributed by atoms with Crippen molar-refractivity contribution in [2.24, 2.45) is 11.8 Å². The molecule has 0 amide bonds. The molecule has 1 aliphatic carbocycles. The third-order valence-corrected chi connectivity index (χ3v) is 5.53. The summed E-state index contributed by atoms with van der Waals surface area (Å²) in [5, 5.41) is 14.1. The SMILES string of the molecule is CC(C)(O)C1CC(OCC(=O)OC(O)C(F)(F)S(=O)(=O)O)C2CC1C(=O)O2. The minimum atomic E-state index is -6.01. The lowest BCUT2D eigenvalue weighted by Crippen LogP contribution is -2.46. The molecule has 1 heterocycles. The number of carbonyl (C=O) groups is 2. The quantitative estimate of drug-likeness (QED) is 0.278. The number of fused-ring (bicyclic) bond motifs is 2. The molecule has 2 bridgehead atoms. The molecule has 1 saturated heterocycles. The molecule has 1 aliphatic heterocycles. The van der Waals surface area contributed by atoms with Crippen LogP contribution in [0.5, 0.6) is 0 Å². The Hall–Kier alpha value is -1.41. The molecule has 1 saturated carbocycles. The fourth-order valence-electron chi connectivity index (χ4n) is 3.24. The molecule has 27 heavy (non-hydrogen) atoms. The summed E-state index contributed by atoms with van der Waals surface area (Å²) >= 11 is 0. The Kier molecular flexibility index (Phi) is 5.84. The molecule has 5 unspecified atom stereocenters. The largest absolute Gasteiger partial charge is 0.459 e. The highest BCUT2D eigenvalue weighted by Crippen LogP contribution is 2.44. The van der Waals surface area contributed by atoms with E-state index in [0.717, 1.165) is 0 Å². The molecule has 13 heteroatoms. The molecule has 0 aromatic heterocycles. The summed E-state index contributed by atoms with van der Waals surface area (Å²) in [5.74, 6) is -3.10. The lowest BCUT2D eigenvalue weighted by atomic mass is 9.71. The van der Waals surface area contributed by atoms with Crippen LogP contribution in [-0.2, 0) is 33.9 Å². The first-order valence-corrected chi connectivity index (χ1v) is 9.35. The predicted molar refractivity (Wildman–Crippen MR) is 80.7 cm³/mol. The first kappa shape index (κ1) is 21.9. The second-order valence-electron chi connectivity index (χ2n) is 7.04. The Bertz CT molecular complexity index is 701. The van der Waals surface area contributed by atoms with Gasteiger partial charge < -0.3 is 24.4 Å². The van der Waals surface area contributed by atoms with Gasteiger partial charge in [-0.25, -0.2) is 4.79 Å². The first-order valence-electron chi connectivity index (χ1n) is 7.91. The number of hydrogen-bond acceptors (Lipinski definition) is 9. The van der Waals surface area contributed by atoms with Gasteiger partial charge >= 0.3 is 27.3 Å². The van der Waals surface area contributed by atoms with Gasteiger partial charge in [-0.05, 0) is 20.3 Å². The molecule has 5 atom stereocenters. The van der Waals surface area contributed by atoms with Crippen molar-refractivity contribution in [2.75, 3.05) is 6.61 Å². The standard InChI is InChI=1S/C14H20F2O10S/c1-13(2,20)7-4-8(9-3-6(7)11(18)25-9)24-5-10(17)26-12(19)14(15,16)27(21,22)23/h6-9,12,19-20H,3-5H2,1-2H3,(H,21,22,23). The van der Waals surface area contributed by atoms with Crippen molar-refractivity contribution in [1.82, 2.24) is 0 Å². The van der Waals surface area contributed by atoms with E-state index in [-0.39, 0.29) is 12.8 Å². The molecule has 2 fully saturated rings. The number of carbonyl (C=O) groups excluding carboxylic acids is 2. The molecule has 2 rings (SSSR count). The number of ether oxygens (including phenoxy) is 3. The third-order valence-electron chi connectivity index (χ3n) is 4.64. The second kappa shape index (κ2) is 7.20. The average Bonchev–Trinajstić information content (AvgIpc) is 2.80. The summed E-state index contributed by atoms with van der Waals surface area (Å²) in [6.07, 6.45) is -4.58. The molecule has 3 N–H and O–H groups in total. The highest BCUT2D eigenvalue weighted by molar-refractivity contribution is 7.86. The highest BCUT2D eigenvalue weighted by Gasteiger charge is 2.55. The summed E-state index contributed by atoms with van der Waals surface area (Å²) in [6.45, 7) is 2.05. The van der Waals surface area contributed by atoms with Crippen molar-refractivity contribution in [3.8, 4) is 0 Å². The van der Waals surface area contributed by atoms with Crippen molar-refractivity contribution < 1.29 is 55.8 Å². The molecule has 0 spiro atoms. The van der Waals surface area contributed by atoms with Crippen LogP contribution >= 0.6 is 0 Å². The second-order valence-corrected chi connectivity index (χ2v) is 8.54. The van der Waals surface area contributed by atoms with Crippen molar-refractivity contribution >= 4 is 22.1 Å². The zero-order valence-corrected chi connectivity index (χ0v) is 15.2. The smallest absolute Gasteiger partial charge is 0.430 e. The van der Waals surface area contributed by atoms with Crippen molar-refractivity contribution in [3.05, 3.63) is 0 Å². The zero-order valence-electron chi connectivity index (χ0n) is 14.4. The van der Waals surface area contributed by atoms with E-state index < -0.39 is 69.9 Å². The lowest BCUT2D eigenvalue weighted by Gasteiger charge is -2.38. The predicted octanol–water partition coefficient (Wildman–Crippen LogP) is -0.564. The maximum atomic E-state index is 13.1. The highest BCUT2D eigenvalue weighted by atomic mass is 32.2. The fourth-order valence-corrected chi connectivity index (χ4v) is 3.54. The van der Waals surface area contributed by atoms with Gasteiger partial charge in [0.25, 0.3) is 6.29 Å². The van der Waals surface area contributed by atoms with E-state index in [2.05, 4.69) is 4.74 Å². The maximum absolute atomic E-state index is 13.1. The van der Waals surface area contributed by atoms with Gasteiger partial charge in [0.05, 0.1) is 17.6 Å². The van der Waals surface area contributed by atoms with Gasteiger partial charge in [-0.2, -0.15) is 17.2 Å². The van der Waals surface area contributed by atoms with Crippen molar-refractivity contribution in [2.45, 2.75) is 56.0 Å². The average molecular weight is 418 g/mol. The summed E-state index contributed by atoms with van der Waals surface area (Å²) in [7, 11) is -6.01. The van der Waals surface area contributed by atoms with Gasteiger partial charge in [0.2, 0.25) is 0 Å². The molecule has 10 nitrogen and oxygen atoms in total. The molecule has 2 aliphatic rings. The van der Waals surface area contributed by atoms with Crippen LogP contribution in [0.3, 0.4) is 0 Å². The molecular weight excluding hydrogens is 398 g/mol. The van der Waals surface area contributed by atoms with Crippen LogP contribution in [0.4, 0.5) is 8.78 Å².